The lowest BCUT2D eigenvalue weighted by Crippen LogP contribution is -2.37. The number of carbonyl (C=O) groups excluding carboxylic acids is 1. The molecule has 0 spiro atoms. The third-order valence-electron chi connectivity index (χ3n) is 4.06. The molecule has 1 atom stereocenters. The number of rotatable bonds is 4. The molecule has 2 aromatic rings. The van der Waals surface area contributed by atoms with E-state index in [1.165, 1.54) is 24.6 Å². The van der Waals surface area contributed by atoms with Crippen molar-refractivity contribution in [2.75, 3.05) is 0 Å². The van der Waals surface area contributed by atoms with Crippen molar-refractivity contribution in [1.29, 1.82) is 0 Å². The van der Waals surface area contributed by atoms with Crippen molar-refractivity contribution in [3.63, 3.8) is 0 Å². The Balaban J connectivity index is 1.71. The van der Waals surface area contributed by atoms with E-state index in [9.17, 15) is 4.79 Å². The molecule has 1 unspecified atom stereocenters. The van der Waals surface area contributed by atoms with Crippen molar-refractivity contribution in [2.45, 2.75) is 55.8 Å². The summed E-state index contributed by atoms with van der Waals surface area (Å²) in [5.74, 6) is 0.103. The van der Waals surface area contributed by atoms with Crippen LogP contribution in [-0.2, 0) is 4.79 Å². The molecule has 0 saturated heterocycles. The first kappa shape index (κ1) is 15.3. The van der Waals surface area contributed by atoms with Gasteiger partial charge in [-0.15, -0.1) is 0 Å². The number of nitrogens with zero attached hydrogens (tertiary/aromatic N) is 2. The Kier molecular flexibility index (Phi) is 4.62. The highest BCUT2D eigenvalue weighted by Gasteiger charge is 2.22. The van der Waals surface area contributed by atoms with E-state index >= 15 is 0 Å². The van der Waals surface area contributed by atoms with E-state index in [2.05, 4.69) is 15.3 Å². The number of amides is 1. The molecule has 1 aliphatic rings. The van der Waals surface area contributed by atoms with E-state index in [-0.39, 0.29) is 11.2 Å². The monoisotopic (exact) mass is 315 g/mol. The maximum Gasteiger partial charge on any atom is 0.233 e. The Morgan fingerprint density at radius 1 is 1.23 bits per heavy atom. The van der Waals surface area contributed by atoms with Crippen molar-refractivity contribution >= 4 is 28.7 Å². The number of thioether (sulfide) groups is 1. The zero-order valence-electron chi connectivity index (χ0n) is 13.0. The van der Waals surface area contributed by atoms with Crippen molar-refractivity contribution in [3.8, 4) is 0 Å². The molecular weight excluding hydrogens is 294 g/mol. The molecule has 22 heavy (non-hydrogen) atoms. The van der Waals surface area contributed by atoms with Gasteiger partial charge in [0.25, 0.3) is 0 Å². The van der Waals surface area contributed by atoms with Crippen LogP contribution in [-0.4, -0.2) is 27.2 Å². The summed E-state index contributed by atoms with van der Waals surface area (Å²) < 4.78 is 0. The first-order valence-corrected chi connectivity index (χ1v) is 8.72. The number of aromatic nitrogens is 2. The maximum atomic E-state index is 12.3. The summed E-state index contributed by atoms with van der Waals surface area (Å²) in [5, 5.41) is 3.83. The van der Waals surface area contributed by atoms with E-state index in [1.807, 2.05) is 38.1 Å². The molecule has 4 nitrogen and oxygen atoms in total. The lowest BCUT2D eigenvalue weighted by Gasteiger charge is -2.16. The van der Waals surface area contributed by atoms with Gasteiger partial charge in [0.05, 0.1) is 22.0 Å². The summed E-state index contributed by atoms with van der Waals surface area (Å²) in [6.07, 6.45) is 4.67. The predicted octanol–water partition coefficient (Wildman–Crippen LogP) is 3.48. The fraction of sp³-hybridized carbons (Fsp3) is 0.471. The highest BCUT2D eigenvalue weighted by atomic mass is 32.2. The van der Waals surface area contributed by atoms with Crippen molar-refractivity contribution < 1.29 is 4.79 Å². The van der Waals surface area contributed by atoms with Crippen LogP contribution in [0, 0.1) is 6.92 Å². The number of benzene rings is 1. The average Bonchev–Trinajstić information content (AvgIpc) is 3.00. The van der Waals surface area contributed by atoms with Gasteiger partial charge in [-0.25, -0.2) is 9.97 Å². The largest absolute Gasteiger partial charge is 0.352 e. The topological polar surface area (TPSA) is 54.9 Å². The summed E-state index contributed by atoms with van der Waals surface area (Å²) in [6.45, 7) is 3.88. The van der Waals surface area contributed by atoms with Gasteiger partial charge in [-0.1, -0.05) is 36.7 Å². The zero-order chi connectivity index (χ0) is 15.5. The first-order valence-electron chi connectivity index (χ1n) is 7.84. The number of para-hydroxylation sites is 2. The van der Waals surface area contributed by atoms with Crippen LogP contribution < -0.4 is 5.32 Å². The van der Waals surface area contributed by atoms with Gasteiger partial charge >= 0.3 is 0 Å². The van der Waals surface area contributed by atoms with Crippen LogP contribution >= 0.6 is 11.8 Å². The van der Waals surface area contributed by atoms with Gasteiger partial charge in [-0.05, 0) is 38.8 Å². The molecule has 1 amide bonds. The number of hydrogen-bond acceptors (Lipinski definition) is 4. The molecule has 1 aliphatic carbocycles. The Bertz CT molecular complexity index is 683. The predicted molar refractivity (Wildman–Crippen MR) is 90.0 cm³/mol. The minimum Gasteiger partial charge on any atom is -0.352 e. The fourth-order valence-electron chi connectivity index (χ4n) is 2.79. The quantitative estimate of drug-likeness (QED) is 0.878. The van der Waals surface area contributed by atoms with Crippen LogP contribution in [0.25, 0.3) is 11.0 Å². The third kappa shape index (κ3) is 3.40. The Hall–Kier alpha value is -1.62. The number of fused-ring (bicyclic) bond motifs is 1. The molecular formula is C17H21N3OS. The smallest absolute Gasteiger partial charge is 0.233 e. The molecule has 5 heteroatoms. The third-order valence-corrected chi connectivity index (χ3v) is 5.24. The standard InChI is InChI=1S/C17H21N3OS/c1-11-17(20-15-10-6-5-9-14(15)18-11)22-12(2)16(21)19-13-7-3-4-8-13/h5-6,9-10,12-13H,3-4,7-8H2,1-2H3,(H,19,21). The minimum absolute atomic E-state index is 0.103. The lowest BCUT2D eigenvalue weighted by molar-refractivity contribution is -0.120. The van der Waals surface area contributed by atoms with Crippen LogP contribution in [0.2, 0.25) is 0 Å². The lowest BCUT2D eigenvalue weighted by atomic mass is 10.2. The number of nitrogens with one attached hydrogen (secondary N) is 1. The molecule has 116 valence electrons. The van der Waals surface area contributed by atoms with Crippen molar-refractivity contribution in [2.24, 2.45) is 0 Å². The number of aryl methyl sites for hydroxylation is 1. The van der Waals surface area contributed by atoms with E-state index in [0.29, 0.717) is 6.04 Å². The van der Waals surface area contributed by atoms with Crippen LogP contribution in [0.1, 0.15) is 38.3 Å². The van der Waals surface area contributed by atoms with Gasteiger partial charge in [-0.2, -0.15) is 0 Å². The molecule has 0 bridgehead atoms. The highest BCUT2D eigenvalue weighted by molar-refractivity contribution is 8.00. The summed E-state index contributed by atoms with van der Waals surface area (Å²) in [6, 6.07) is 8.19. The normalized spacial score (nSPS) is 16.8. The zero-order valence-corrected chi connectivity index (χ0v) is 13.8. The van der Waals surface area contributed by atoms with E-state index in [1.54, 1.807) is 0 Å². The van der Waals surface area contributed by atoms with Gasteiger partial charge in [-0.3, -0.25) is 4.79 Å². The molecule has 1 N–H and O–H groups in total. The number of carbonyl (C=O) groups is 1. The summed E-state index contributed by atoms with van der Waals surface area (Å²) in [4.78, 5) is 21.5. The minimum atomic E-state index is -0.158. The Morgan fingerprint density at radius 2 is 1.86 bits per heavy atom. The second-order valence-electron chi connectivity index (χ2n) is 5.85. The van der Waals surface area contributed by atoms with Crippen LogP contribution in [0.3, 0.4) is 0 Å². The van der Waals surface area contributed by atoms with Gasteiger partial charge in [0.1, 0.15) is 5.03 Å². The second kappa shape index (κ2) is 6.65. The van der Waals surface area contributed by atoms with Crippen LogP contribution in [0.4, 0.5) is 0 Å². The molecule has 0 aliphatic heterocycles. The van der Waals surface area contributed by atoms with Crippen molar-refractivity contribution in [1.82, 2.24) is 15.3 Å². The van der Waals surface area contributed by atoms with Gasteiger partial charge in [0.15, 0.2) is 0 Å². The number of hydrogen-bond donors (Lipinski definition) is 1. The van der Waals surface area contributed by atoms with Crippen LogP contribution in [0.5, 0.6) is 0 Å². The maximum absolute atomic E-state index is 12.3. The average molecular weight is 315 g/mol. The highest BCUT2D eigenvalue weighted by Crippen LogP contribution is 2.26. The van der Waals surface area contributed by atoms with Gasteiger partial charge in [0, 0.05) is 6.04 Å². The summed E-state index contributed by atoms with van der Waals surface area (Å²) in [7, 11) is 0. The van der Waals surface area contributed by atoms with Gasteiger partial charge in [0.2, 0.25) is 5.91 Å². The molecule has 1 fully saturated rings. The first-order chi connectivity index (χ1) is 10.6. The SMILES string of the molecule is Cc1nc2ccccc2nc1SC(C)C(=O)NC1CCCC1. The molecule has 3 rings (SSSR count). The molecule has 1 aromatic heterocycles. The second-order valence-corrected chi connectivity index (χ2v) is 7.18. The van der Waals surface area contributed by atoms with Crippen molar-refractivity contribution in [3.05, 3.63) is 30.0 Å². The Morgan fingerprint density at radius 3 is 2.55 bits per heavy atom. The van der Waals surface area contributed by atoms with E-state index < -0.39 is 0 Å². The fourth-order valence-corrected chi connectivity index (χ4v) is 3.67. The van der Waals surface area contributed by atoms with Gasteiger partial charge < -0.3 is 5.32 Å². The molecule has 1 heterocycles. The summed E-state index contributed by atoms with van der Waals surface area (Å²) >= 11 is 1.49. The summed E-state index contributed by atoms with van der Waals surface area (Å²) in [5.41, 5.74) is 2.65. The van der Waals surface area contributed by atoms with E-state index in [0.717, 1.165) is 34.6 Å². The molecule has 0 radical (unpaired) electrons. The Labute approximate surface area is 135 Å². The molecule has 1 aromatic carbocycles. The molecule has 1 saturated carbocycles. The van der Waals surface area contributed by atoms with Crippen LogP contribution in [0.15, 0.2) is 29.3 Å². The van der Waals surface area contributed by atoms with E-state index in [4.69, 9.17) is 0 Å².